The lowest BCUT2D eigenvalue weighted by atomic mass is 9.52. The van der Waals surface area contributed by atoms with E-state index in [0.29, 0.717) is 5.88 Å². The monoisotopic (exact) mass is 612 g/mol. The van der Waals surface area contributed by atoms with Crippen molar-refractivity contribution in [2.75, 3.05) is 18.6 Å². The van der Waals surface area contributed by atoms with Crippen molar-refractivity contribution in [1.82, 2.24) is 14.8 Å². The van der Waals surface area contributed by atoms with Gasteiger partial charge in [0.25, 0.3) is 0 Å². The molecular weight excluding hydrogens is 564 g/mol. The van der Waals surface area contributed by atoms with Crippen molar-refractivity contribution in [2.45, 2.75) is 103 Å². The number of carbonyl (C=O) groups excluding carboxylic acids is 1. The number of hydrogen-bond acceptors (Lipinski definition) is 5. The second kappa shape index (κ2) is 12.6. The Morgan fingerprint density at radius 2 is 1.73 bits per heavy atom. The van der Waals surface area contributed by atoms with E-state index < -0.39 is 5.97 Å². The standard InChI is InChI=1S/C37H48N4O4/c1-25(2)41-23-30(21-39-41)29-6-5-7-32(20-29)40(35(44)28-10-8-27(9-11-28)19-33(42)43)24-36-12-15-37(16-13-36,17-14-36)31-18-26(3)34(45-4)38-22-31/h5-7,18,20-23,25,27-28H,8-17,19,24H2,1-4H3,(H,42,43)/t27-,28-,36?,37?. The highest BCUT2D eigenvalue weighted by atomic mass is 16.5. The third-order valence-electron chi connectivity index (χ3n) is 11.3. The van der Waals surface area contributed by atoms with Gasteiger partial charge >= 0.3 is 5.97 Å². The van der Waals surface area contributed by atoms with Crippen LogP contribution in [0.3, 0.4) is 0 Å². The highest BCUT2D eigenvalue weighted by Crippen LogP contribution is 2.58. The lowest BCUT2D eigenvalue weighted by molar-refractivity contribution is -0.138. The smallest absolute Gasteiger partial charge is 0.303 e. The molecule has 0 saturated heterocycles. The van der Waals surface area contributed by atoms with Gasteiger partial charge in [-0.1, -0.05) is 12.1 Å². The maximum Gasteiger partial charge on any atom is 0.303 e. The fourth-order valence-corrected chi connectivity index (χ4v) is 8.34. The number of carboxylic acids is 1. The van der Waals surface area contributed by atoms with Gasteiger partial charge in [-0.2, -0.15) is 5.10 Å². The van der Waals surface area contributed by atoms with Gasteiger partial charge in [-0.25, -0.2) is 4.98 Å². The second-order valence-corrected chi connectivity index (χ2v) is 14.4. The van der Waals surface area contributed by atoms with Gasteiger partial charge in [0, 0.05) is 54.1 Å². The van der Waals surface area contributed by atoms with E-state index in [-0.39, 0.29) is 41.0 Å². The summed E-state index contributed by atoms with van der Waals surface area (Å²) in [4.78, 5) is 32.5. The summed E-state index contributed by atoms with van der Waals surface area (Å²) in [5.41, 5.74) is 5.72. The van der Waals surface area contributed by atoms with E-state index in [1.54, 1.807) is 7.11 Å². The number of aryl methyl sites for hydroxylation is 1. The summed E-state index contributed by atoms with van der Waals surface area (Å²) in [6.07, 6.45) is 15.9. The number of hydrogen-bond donors (Lipinski definition) is 1. The van der Waals surface area contributed by atoms with Crippen LogP contribution in [0.4, 0.5) is 5.69 Å². The van der Waals surface area contributed by atoms with Crippen LogP contribution in [0.1, 0.15) is 102 Å². The van der Waals surface area contributed by atoms with Gasteiger partial charge in [-0.3, -0.25) is 14.3 Å². The molecule has 45 heavy (non-hydrogen) atoms. The number of benzene rings is 1. The SMILES string of the molecule is COc1ncc(C23CCC(CN(c4cccc(-c5cnn(C(C)C)c5)c4)C(=O)[C@H]4CC[C@H](CC(=O)O)CC4)(CC2)CC3)cc1C. The second-order valence-electron chi connectivity index (χ2n) is 14.4. The molecule has 4 fully saturated rings. The maximum absolute atomic E-state index is 14.5. The minimum absolute atomic E-state index is 0.0709. The molecular formula is C37H48N4O4. The Morgan fingerprint density at radius 1 is 1.02 bits per heavy atom. The minimum Gasteiger partial charge on any atom is -0.481 e. The number of aromatic nitrogens is 3. The molecule has 0 unspecified atom stereocenters. The summed E-state index contributed by atoms with van der Waals surface area (Å²) < 4.78 is 7.40. The number of ether oxygens (including phenoxy) is 1. The molecule has 8 heteroatoms. The molecule has 1 amide bonds. The van der Waals surface area contributed by atoms with Gasteiger partial charge < -0.3 is 14.7 Å². The molecule has 2 bridgehead atoms. The number of methoxy groups -OCH3 is 1. The van der Waals surface area contributed by atoms with Crippen molar-refractivity contribution in [3.8, 4) is 17.0 Å². The zero-order chi connectivity index (χ0) is 31.8. The van der Waals surface area contributed by atoms with Crippen LogP contribution < -0.4 is 9.64 Å². The summed E-state index contributed by atoms with van der Waals surface area (Å²) in [7, 11) is 1.67. The molecule has 8 nitrogen and oxygen atoms in total. The molecule has 2 heterocycles. The van der Waals surface area contributed by atoms with E-state index >= 15 is 0 Å². The van der Waals surface area contributed by atoms with Crippen LogP contribution >= 0.6 is 0 Å². The van der Waals surface area contributed by atoms with Crippen LogP contribution in [-0.4, -0.2) is 45.4 Å². The van der Waals surface area contributed by atoms with Crippen LogP contribution in [0.25, 0.3) is 11.1 Å². The first-order chi connectivity index (χ1) is 21.6. The fraction of sp³-hybridized carbons (Fsp3) is 0.568. The summed E-state index contributed by atoms with van der Waals surface area (Å²) in [5, 5.41) is 13.9. The number of nitrogens with zero attached hydrogens (tertiary/aromatic N) is 4. The zero-order valence-electron chi connectivity index (χ0n) is 27.3. The number of fused-ring (bicyclic) bond motifs is 3. The molecule has 3 aromatic rings. The first kappa shape index (κ1) is 31.3. The first-order valence-corrected chi connectivity index (χ1v) is 16.8. The normalized spacial score (nSPS) is 26.2. The van der Waals surface area contributed by atoms with Crippen molar-refractivity contribution >= 4 is 17.6 Å². The summed E-state index contributed by atoms with van der Waals surface area (Å²) in [5.74, 6) is 0.250. The van der Waals surface area contributed by atoms with E-state index in [1.807, 2.05) is 17.1 Å². The van der Waals surface area contributed by atoms with E-state index in [9.17, 15) is 14.7 Å². The van der Waals surface area contributed by atoms with E-state index in [2.05, 4.69) is 72.3 Å². The minimum atomic E-state index is -0.741. The van der Waals surface area contributed by atoms with Crippen molar-refractivity contribution in [3.05, 3.63) is 60.0 Å². The number of carboxylic acid groups (broad SMARTS) is 1. The lowest BCUT2D eigenvalue weighted by Crippen LogP contribution is -2.51. The Hall–Kier alpha value is -3.68. The maximum atomic E-state index is 14.5. The molecule has 7 rings (SSSR count). The predicted molar refractivity (Wildman–Crippen MR) is 175 cm³/mol. The first-order valence-electron chi connectivity index (χ1n) is 16.8. The van der Waals surface area contributed by atoms with Gasteiger partial charge in [0.05, 0.1) is 13.3 Å². The Morgan fingerprint density at radius 3 is 2.33 bits per heavy atom. The molecule has 4 saturated carbocycles. The van der Waals surface area contributed by atoms with Crippen LogP contribution in [0, 0.1) is 24.2 Å². The van der Waals surface area contributed by atoms with Gasteiger partial charge in [0.2, 0.25) is 11.8 Å². The molecule has 4 aliphatic rings. The number of carbonyl (C=O) groups is 2. The molecule has 1 N–H and O–H groups in total. The van der Waals surface area contributed by atoms with E-state index in [1.165, 1.54) is 5.56 Å². The molecule has 0 atom stereocenters. The molecule has 0 spiro atoms. The molecule has 2 aromatic heterocycles. The molecule has 0 radical (unpaired) electrons. The zero-order valence-corrected chi connectivity index (χ0v) is 27.3. The third kappa shape index (κ3) is 6.38. The average Bonchev–Trinajstić information content (AvgIpc) is 3.56. The van der Waals surface area contributed by atoms with Crippen molar-refractivity contribution in [3.63, 3.8) is 0 Å². The van der Waals surface area contributed by atoms with Crippen molar-refractivity contribution in [2.24, 2.45) is 17.3 Å². The Labute approximate surface area is 267 Å². The van der Waals surface area contributed by atoms with Gasteiger partial charge in [-0.15, -0.1) is 0 Å². The topological polar surface area (TPSA) is 97.5 Å². The molecule has 240 valence electrons. The Kier molecular flexibility index (Phi) is 8.77. The number of rotatable bonds is 10. The van der Waals surface area contributed by atoms with Crippen molar-refractivity contribution < 1.29 is 19.4 Å². The van der Waals surface area contributed by atoms with Gasteiger partial charge in [0.1, 0.15) is 0 Å². The van der Waals surface area contributed by atoms with Crippen LogP contribution in [0.2, 0.25) is 0 Å². The summed E-state index contributed by atoms with van der Waals surface area (Å²) in [6.45, 7) is 7.04. The number of pyridine rings is 1. The Balaban J connectivity index is 1.25. The van der Waals surface area contributed by atoms with E-state index in [4.69, 9.17) is 4.74 Å². The highest BCUT2D eigenvalue weighted by Gasteiger charge is 2.51. The number of aliphatic carboxylic acids is 1. The van der Waals surface area contributed by atoms with Crippen LogP contribution in [0.5, 0.6) is 5.88 Å². The third-order valence-corrected chi connectivity index (χ3v) is 11.3. The summed E-state index contributed by atoms with van der Waals surface area (Å²) >= 11 is 0. The van der Waals surface area contributed by atoms with Gasteiger partial charge in [0.15, 0.2) is 0 Å². The summed E-state index contributed by atoms with van der Waals surface area (Å²) in [6, 6.07) is 11.0. The molecule has 0 aliphatic heterocycles. The van der Waals surface area contributed by atoms with Crippen LogP contribution in [0.15, 0.2) is 48.9 Å². The quantitative estimate of drug-likeness (QED) is 0.251. The van der Waals surface area contributed by atoms with Gasteiger partial charge in [-0.05, 0) is 131 Å². The fourth-order valence-electron chi connectivity index (χ4n) is 8.34. The lowest BCUT2D eigenvalue weighted by Gasteiger charge is -2.55. The Bertz CT molecular complexity index is 1510. The number of amides is 1. The van der Waals surface area contributed by atoms with Crippen LogP contribution in [-0.2, 0) is 15.0 Å². The van der Waals surface area contributed by atoms with E-state index in [0.717, 1.165) is 93.1 Å². The number of anilines is 1. The molecule has 4 aliphatic carbocycles. The largest absolute Gasteiger partial charge is 0.481 e. The highest BCUT2D eigenvalue weighted by molar-refractivity contribution is 5.96. The predicted octanol–water partition coefficient (Wildman–Crippen LogP) is 7.75. The molecule has 1 aromatic carbocycles. The average molecular weight is 613 g/mol. The van der Waals surface area contributed by atoms with Crippen molar-refractivity contribution in [1.29, 1.82) is 0 Å².